The Morgan fingerprint density at radius 2 is 1.91 bits per heavy atom. The van der Waals surface area contributed by atoms with Gasteiger partial charge in [-0.25, -0.2) is 0 Å². The first-order valence-corrected chi connectivity index (χ1v) is 7.36. The Labute approximate surface area is 134 Å². The van der Waals surface area contributed by atoms with Gasteiger partial charge in [0.15, 0.2) is 11.5 Å². The first kappa shape index (κ1) is 16.2. The van der Waals surface area contributed by atoms with Gasteiger partial charge in [-0.3, -0.25) is 4.79 Å². The Balaban J connectivity index is 1.89. The van der Waals surface area contributed by atoms with Crippen LogP contribution in [0.5, 0.6) is 11.5 Å². The molecular weight excluding hydrogens is 302 g/mol. The topological polar surface area (TPSA) is 69.6 Å². The molecule has 3 N–H and O–H groups in total. The van der Waals surface area contributed by atoms with Crippen molar-refractivity contribution in [2.45, 2.75) is 25.8 Å². The highest BCUT2D eigenvalue weighted by Gasteiger charge is 2.10. The maximum Gasteiger partial charge on any atom is 0.224 e. The number of amides is 1. The molecule has 0 bridgehead atoms. The van der Waals surface area contributed by atoms with Gasteiger partial charge < -0.3 is 15.5 Å². The van der Waals surface area contributed by atoms with Gasteiger partial charge in [-0.1, -0.05) is 29.8 Å². The molecule has 0 aliphatic carbocycles. The maximum absolute atomic E-state index is 12.0. The fraction of sp³-hybridized carbons (Fsp3) is 0.235. The summed E-state index contributed by atoms with van der Waals surface area (Å²) in [6, 6.07) is 11.8. The molecule has 0 saturated heterocycles. The van der Waals surface area contributed by atoms with Crippen molar-refractivity contribution >= 4 is 17.5 Å². The number of hydrogen-bond donors (Lipinski definition) is 3. The van der Waals surface area contributed by atoms with Gasteiger partial charge in [-0.15, -0.1) is 0 Å². The number of halogens is 1. The molecule has 0 aliphatic heterocycles. The molecule has 1 amide bonds. The Bertz CT molecular complexity index is 673. The molecular formula is C17H18ClNO3. The van der Waals surface area contributed by atoms with Crippen molar-refractivity contribution in [3.63, 3.8) is 0 Å². The molecule has 0 aromatic heterocycles. The van der Waals surface area contributed by atoms with Crippen LogP contribution >= 0.6 is 11.6 Å². The third-order valence-electron chi connectivity index (χ3n) is 3.24. The lowest BCUT2D eigenvalue weighted by atomic mass is 10.1. The van der Waals surface area contributed by atoms with E-state index in [-0.39, 0.29) is 29.9 Å². The number of carbonyl (C=O) groups excluding carboxylic acids is 1. The molecule has 2 aromatic rings. The summed E-state index contributed by atoms with van der Waals surface area (Å²) >= 11 is 5.89. The molecule has 0 radical (unpaired) electrons. The zero-order chi connectivity index (χ0) is 16.1. The second kappa shape index (κ2) is 7.18. The Hall–Kier alpha value is -2.20. The van der Waals surface area contributed by atoms with Crippen molar-refractivity contribution in [3.05, 3.63) is 58.6 Å². The van der Waals surface area contributed by atoms with Crippen LogP contribution in [0.1, 0.15) is 18.1 Å². The van der Waals surface area contributed by atoms with E-state index in [1.165, 1.54) is 12.1 Å². The van der Waals surface area contributed by atoms with Crippen molar-refractivity contribution < 1.29 is 15.0 Å². The molecule has 0 aliphatic rings. The summed E-state index contributed by atoms with van der Waals surface area (Å²) in [5.41, 5.74) is 1.70. The lowest BCUT2D eigenvalue weighted by Crippen LogP contribution is -2.35. The number of aromatic hydroxyl groups is 2. The minimum atomic E-state index is -0.157. The third-order valence-corrected chi connectivity index (χ3v) is 3.48. The molecule has 0 spiro atoms. The molecule has 0 fully saturated rings. The second-order valence-corrected chi connectivity index (χ2v) is 5.74. The highest BCUT2D eigenvalue weighted by molar-refractivity contribution is 6.30. The number of phenolic OH excluding ortho intramolecular Hbond substituents is 2. The summed E-state index contributed by atoms with van der Waals surface area (Å²) in [4.78, 5) is 12.0. The van der Waals surface area contributed by atoms with Crippen LogP contribution in [0.15, 0.2) is 42.5 Å². The van der Waals surface area contributed by atoms with Gasteiger partial charge in [0.1, 0.15) is 0 Å². The smallest absolute Gasteiger partial charge is 0.224 e. The summed E-state index contributed by atoms with van der Waals surface area (Å²) < 4.78 is 0. The molecule has 2 aromatic carbocycles. The summed E-state index contributed by atoms with van der Waals surface area (Å²) in [6.07, 6.45) is 0.834. The quantitative estimate of drug-likeness (QED) is 0.742. The van der Waals surface area contributed by atoms with E-state index >= 15 is 0 Å². The maximum atomic E-state index is 12.0. The van der Waals surface area contributed by atoms with Crippen molar-refractivity contribution in [1.29, 1.82) is 0 Å². The van der Waals surface area contributed by atoms with E-state index in [0.717, 1.165) is 11.1 Å². The monoisotopic (exact) mass is 319 g/mol. The molecule has 2 rings (SSSR count). The fourth-order valence-corrected chi connectivity index (χ4v) is 2.47. The minimum absolute atomic E-state index is 0.0854. The van der Waals surface area contributed by atoms with Crippen LogP contribution in [-0.2, 0) is 17.6 Å². The van der Waals surface area contributed by atoms with Crippen molar-refractivity contribution in [2.75, 3.05) is 0 Å². The van der Waals surface area contributed by atoms with E-state index in [0.29, 0.717) is 11.4 Å². The second-order valence-electron chi connectivity index (χ2n) is 5.30. The average molecular weight is 320 g/mol. The SMILES string of the molecule is CC(Cc1ccc(O)c(O)c1)NC(=O)Cc1cccc(Cl)c1. The third kappa shape index (κ3) is 4.67. The van der Waals surface area contributed by atoms with Gasteiger partial charge >= 0.3 is 0 Å². The van der Waals surface area contributed by atoms with Crippen LogP contribution < -0.4 is 5.32 Å². The molecule has 4 nitrogen and oxygen atoms in total. The van der Waals surface area contributed by atoms with Crippen LogP contribution in [0.3, 0.4) is 0 Å². The van der Waals surface area contributed by atoms with E-state index in [1.807, 2.05) is 19.1 Å². The molecule has 0 saturated carbocycles. The largest absolute Gasteiger partial charge is 0.504 e. The number of nitrogens with one attached hydrogen (secondary N) is 1. The molecule has 22 heavy (non-hydrogen) atoms. The minimum Gasteiger partial charge on any atom is -0.504 e. The number of rotatable bonds is 5. The van der Waals surface area contributed by atoms with E-state index in [9.17, 15) is 15.0 Å². The number of phenols is 2. The zero-order valence-electron chi connectivity index (χ0n) is 12.2. The fourth-order valence-electron chi connectivity index (χ4n) is 2.26. The first-order valence-electron chi connectivity index (χ1n) is 6.98. The highest BCUT2D eigenvalue weighted by Crippen LogP contribution is 2.25. The van der Waals surface area contributed by atoms with Gasteiger partial charge in [-0.05, 0) is 48.7 Å². The predicted octanol–water partition coefficient (Wildman–Crippen LogP) is 3.04. The van der Waals surface area contributed by atoms with E-state index in [1.54, 1.807) is 18.2 Å². The van der Waals surface area contributed by atoms with Gasteiger partial charge in [0.05, 0.1) is 6.42 Å². The molecule has 1 atom stereocenters. The normalized spacial score (nSPS) is 11.9. The molecule has 116 valence electrons. The van der Waals surface area contributed by atoms with Gasteiger partial charge in [0, 0.05) is 11.1 Å². The average Bonchev–Trinajstić information content (AvgIpc) is 2.42. The molecule has 0 heterocycles. The van der Waals surface area contributed by atoms with Gasteiger partial charge in [0.2, 0.25) is 5.91 Å². The van der Waals surface area contributed by atoms with Crippen LogP contribution in [-0.4, -0.2) is 22.2 Å². The number of carbonyl (C=O) groups is 1. The Kier molecular flexibility index (Phi) is 5.28. The van der Waals surface area contributed by atoms with Gasteiger partial charge in [0.25, 0.3) is 0 Å². The van der Waals surface area contributed by atoms with Crippen LogP contribution in [0.2, 0.25) is 5.02 Å². The summed E-state index contributed by atoms with van der Waals surface area (Å²) in [7, 11) is 0. The van der Waals surface area contributed by atoms with Crippen LogP contribution in [0, 0.1) is 0 Å². The standard InChI is InChI=1S/C17H18ClNO3/c1-11(7-13-5-6-15(20)16(21)9-13)19-17(22)10-12-3-2-4-14(18)8-12/h2-6,8-9,11,20-21H,7,10H2,1H3,(H,19,22). The van der Waals surface area contributed by atoms with Crippen LogP contribution in [0.4, 0.5) is 0 Å². The highest BCUT2D eigenvalue weighted by atomic mass is 35.5. The number of hydrogen-bond acceptors (Lipinski definition) is 3. The summed E-state index contributed by atoms with van der Waals surface area (Å²) in [5.74, 6) is -0.394. The Morgan fingerprint density at radius 3 is 2.59 bits per heavy atom. The Morgan fingerprint density at radius 1 is 1.14 bits per heavy atom. The zero-order valence-corrected chi connectivity index (χ0v) is 13.0. The van der Waals surface area contributed by atoms with Crippen molar-refractivity contribution in [1.82, 2.24) is 5.32 Å². The lowest BCUT2D eigenvalue weighted by molar-refractivity contribution is -0.121. The summed E-state index contributed by atoms with van der Waals surface area (Å²) in [5, 5.41) is 22.3. The first-order chi connectivity index (χ1) is 10.4. The van der Waals surface area contributed by atoms with Gasteiger partial charge in [-0.2, -0.15) is 0 Å². The lowest BCUT2D eigenvalue weighted by Gasteiger charge is -2.14. The van der Waals surface area contributed by atoms with Crippen molar-refractivity contribution in [2.24, 2.45) is 0 Å². The van der Waals surface area contributed by atoms with Crippen molar-refractivity contribution in [3.8, 4) is 11.5 Å². The molecule has 1 unspecified atom stereocenters. The van der Waals surface area contributed by atoms with E-state index < -0.39 is 0 Å². The molecule has 5 heteroatoms. The number of benzene rings is 2. The van der Waals surface area contributed by atoms with E-state index in [4.69, 9.17) is 11.6 Å². The predicted molar refractivity (Wildman–Crippen MR) is 86.2 cm³/mol. The summed E-state index contributed by atoms with van der Waals surface area (Å²) in [6.45, 7) is 1.89. The van der Waals surface area contributed by atoms with Crippen LogP contribution in [0.25, 0.3) is 0 Å². The van der Waals surface area contributed by atoms with E-state index in [2.05, 4.69) is 5.32 Å².